The summed E-state index contributed by atoms with van der Waals surface area (Å²) >= 11 is 0. The highest BCUT2D eigenvalue weighted by Gasteiger charge is 2.35. The zero-order valence-corrected chi connectivity index (χ0v) is 8.89. The molecule has 2 heterocycles. The molecule has 1 aromatic heterocycles. The molecule has 0 radical (unpaired) electrons. The van der Waals surface area contributed by atoms with Gasteiger partial charge in [-0.15, -0.1) is 0 Å². The van der Waals surface area contributed by atoms with Crippen molar-refractivity contribution in [2.75, 3.05) is 13.2 Å². The lowest BCUT2D eigenvalue weighted by molar-refractivity contribution is 0.0242. The maximum absolute atomic E-state index is 10.5. The van der Waals surface area contributed by atoms with Crippen molar-refractivity contribution < 1.29 is 9.84 Å². The van der Waals surface area contributed by atoms with Gasteiger partial charge in [0, 0.05) is 36.4 Å². The number of ether oxygens (including phenoxy) is 1. The van der Waals surface area contributed by atoms with Crippen molar-refractivity contribution in [3.05, 3.63) is 42.2 Å². The molecule has 0 saturated carbocycles. The third kappa shape index (κ3) is 1.40. The molecular weight excluding hydrogens is 202 g/mol. The van der Waals surface area contributed by atoms with Crippen molar-refractivity contribution in [2.45, 2.75) is 12.0 Å². The summed E-state index contributed by atoms with van der Waals surface area (Å²) in [4.78, 5) is 4.19. The van der Waals surface area contributed by atoms with Gasteiger partial charge in [0.1, 0.15) is 5.60 Å². The molecular formula is C13H13NO2. The number of aromatic nitrogens is 1. The lowest BCUT2D eigenvalue weighted by Gasteiger charge is -2.22. The number of hydrogen-bond donors (Lipinski definition) is 1. The van der Waals surface area contributed by atoms with E-state index in [2.05, 4.69) is 4.98 Å². The van der Waals surface area contributed by atoms with Crippen molar-refractivity contribution in [3.8, 4) is 0 Å². The number of benzene rings is 1. The molecule has 0 spiro atoms. The monoisotopic (exact) mass is 215 g/mol. The number of pyridine rings is 1. The first kappa shape index (κ1) is 9.75. The topological polar surface area (TPSA) is 42.4 Å². The van der Waals surface area contributed by atoms with Gasteiger partial charge in [-0.2, -0.15) is 0 Å². The van der Waals surface area contributed by atoms with Crippen molar-refractivity contribution in [1.82, 2.24) is 4.98 Å². The predicted octanol–water partition coefficient (Wildman–Crippen LogP) is 1.84. The molecule has 1 aliphatic rings. The lowest BCUT2D eigenvalue weighted by Crippen LogP contribution is -2.26. The van der Waals surface area contributed by atoms with Gasteiger partial charge in [-0.05, 0) is 5.39 Å². The molecule has 1 N–H and O–H groups in total. The highest BCUT2D eigenvalue weighted by molar-refractivity contribution is 5.85. The Hall–Kier alpha value is -1.45. The number of rotatable bonds is 1. The van der Waals surface area contributed by atoms with Crippen molar-refractivity contribution in [2.24, 2.45) is 0 Å². The summed E-state index contributed by atoms with van der Waals surface area (Å²) in [5.74, 6) is 0. The predicted molar refractivity (Wildman–Crippen MR) is 61.1 cm³/mol. The first-order chi connectivity index (χ1) is 7.80. The SMILES string of the molecule is OC1(c2cncc3ccccc23)CCOC1. The summed E-state index contributed by atoms with van der Waals surface area (Å²) in [6.45, 7) is 0.975. The van der Waals surface area contributed by atoms with E-state index in [0.717, 1.165) is 16.3 Å². The van der Waals surface area contributed by atoms with Crippen LogP contribution in [0.5, 0.6) is 0 Å². The third-order valence-electron chi connectivity index (χ3n) is 3.17. The van der Waals surface area contributed by atoms with Gasteiger partial charge in [-0.25, -0.2) is 0 Å². The minimum Gasteiger partial charge on any atom is -0.383 e. The Morgan fingerprint density at radius 2 is 2.12 bits per heavy atom. The van der Waals surface area contributed by atoms with E-state index in [1.807, 2.05) is 30.5 Å². The van der Waals surface area contributed by atoms with Gasteiger partial charge >= 0.3 is 0 Å². The highest BCUT2D eigenvalue weighted by atomic mass is 16.5. The average Bonchev–Trinajstić information content (AvgIpc) is 2.77. The molecule has 1 fully saturated rings. The molecule has 1 aromatic carbocycles. The molecule has 0 bridgehead atoms. The van der Waals surface area contributed by atoms with Crippen LogP contribution >= 0.6 is 0 Å². The Labute approximate surface area is 93.7 Å². The molecule has 3 heteroatoms. The molecule has 16 heavy (non-hydrogen) atoms. The van der Waals surface area contributed by atoms with Crippen molar-refractivity contribution >= 4 is 10.8 Å². The summed E-state index contributed by atoms with van der Waals surface area (Å²) in [5.41, 5.74) is 0.0107. The van der Waals surface area contributed by atoms with E-state index in [9.17, 15) is 5.11 Å². The Morgan fingerprint density at radius 3 is 2.94 bits per heavy atom. The Kier molecular flexibility index (Phi) is 2.16. The van der Waals surface area contributed by atoms with E-state index in [-0.39, 0.29) is 0 Å². The molecule has 1 unspecified atom stereocenters. The van der Waals surface area contributed by atoms with E-state index in [1.54, 1.807) is 6.20 Å². The summed E-state index contributed by atoms with van der Waals surface area (Å²) in [5, 5.41) is 12.6. The second-order valence-electron chi connectivity index (χ2n) is 4.24. The zero-order valence-electron chi connectivity index (χ0n) is 8.89. The summed E-state index contributed by atoms with van der Waals surface area (Å²) in [6.07, 6.45) is 4.21. The van der Waals surface area contributed by atoms with E-state index >= 15 is 0 Å². The number of aliphatic hydroxyl groups is 1. The normalized spacial score (nSPS) is 25.1. The Bertz CT molecular complexity index is 513. The van der Waals surface area contributed by atoms with Gasteiger partial charge in [-0.3, -0.25) is 4.98 Å². The molecule has 0 aliphatic carbocycles. The van der Waals surface area contributed by atoms with Gasteiger partial charge in [0.05, 0.1) is 6.61 Å². The van der Waals surface area contributed by atoms with Gasteiger partial charge in [-0.1, -0.05) is 24.3 Å². The Morgan fingerprint density at radius 1 is 1.25 bits per heavy atom. The summed E-state index contributed by atoms with van der Waals surface area (Å²) < 4.78 is 5.29. The van der Waals surface area contributed by atoms with E-state index in [4.69, 9.17) is 4.74 Å². The fraction of sp³-hybridized carbons (Fsp3) is 0.308. The quantitative estimate of drug-likeness (QED) is 0.789. The summed E-state index contributed by atoms with van der Waals surface area (Å²) in [7, 11) is 0. The highest BCUT2D eigenvalue weighted by Crippen LogP contribution is 2.34. The molecule has 3 nitrogen and oxygen atoms in total. The zero-order chi connectivity index (χ0) is 11.0. The largest absolute Gasteiger partial charge is 0.383 e. The van der Waals surface area contributed by atoms with Crippen LogP contribution in [0.3, 0.4) is 0 Å². The molecule has 1 aliphatic heterocycles. The smallest absolute Gasteiger partial charge is 0.117 e. The molecule has 2 aromatic rings. The van der Waals surface area contributed by atoms with Crippen LogP contribution in [-0.2, 0) is 10.3 Å². The van der Waals surface area contributed by atoms with Crippen LogP contribution in [0.2, 0.25) is 0 Å². The van der Waals surface area contributed by atoms with Crippen LogP contribution in [-0.4, -0.2) is 23.3 Å². The van der Waals surface area contributed by atoms with E-state index < -0.39 is 5.60 Å². The lowest BCUT2D eigenvalue weighted by atomic mass is 9.91. The molecule has 0 amide bonds. The maximum Gasteiger partial charge on any atom is 0.117 e. The second kappa shape index (κ2) is 3.54. The minimum absolute atomic E-state index is 0.364. The van der Waals surface area contributed by atoms with Crippen LogP contribution < -0.4 is 0 Å². The van der Waals surface area contributed by atoms with E-state index in [1.165, 1.54) is 0 Å². The summed E-state index contributed by atoms with van der Waals surface area (Å²) in [6, 6.07) is 7.97. The van der Waals surface area contributed by atoms with Crippen molar-refractivity contribution in [1.29, 1.82) is 0 Å². The fourth-order valence-corrected chi connectivity index (χ4v) is 2.25. The molecule has 3 rings (SSSR count). The Balaban J connectivity index is 2.23. The first-order valence-corrected chi connectivity index (χ1v) is 5.43. The van der Waals surface area contributed by atoms with Crippen molar-refractivity contribution in [3.63, 3.8) is 0 Å². The molecule has 82 valence electrons. The molecule has 1 atom stereocenters. The maximum atomic E-state index is 10.5. The van der Waals surface area contributed by atoms with Gasteiger partial charge in [0.25, 0.3) is 0 Å². The average molecular weight is 215 g/mol. The van der Waals surface area contributed by atoms with Crippen LogP contribution in [0.1, 0.15) is 12.0 Å². The van der Waals surface area contributed by atoms with E-state index in [0.29, 0.717) is 19.6 Å². The fourth-order valence-electron chi connectivity index (χ4n) is 2.25. The number of nitrogens with zero attached hydrogens (tertiary/aromatic N) is 1. The number of hydrogen-bond acceptors (Lipinski definition) is 3. The number of fused-ring (bicyclic) bond motifs is 1. The van der Waals surface area contributed by atoms with Gasteiger partial charge in [0.15, 0.2) is 0 Å². The van der Waals surface area contributed by atoms with Crippen LogP contribution in [0.15, 0.2) is 36.7 Å². The standard InChI is InChI=1S/C13H13NO2/c15-13(5-6-16-9-13)12-8-14-7-10-3-1-2-4-11(10)12/h1-4,7-8,15H,5-6,9H2. The second-order valence-corrected chi connectivity index (χ2v) is 4.24. The van der Waals surface area contributed by atoms with Crippen LogP contribution in [0.4, 0.5) is 0 Å². The first-order valence-electron chi connectivity index (χ1n) is 5.43. The van der Waals surface area contributed by atoms with Gasteiger partial charge in [0.2, 0.25) is 0 Å². The van der Waals surface area contributed by atoms with Crippen LogP contribution in [0.25, 0.3) is 10.8 Å². The van der Waals surface area contributed by atoms with Gasteiger partial charge < -0.3 is 9.84 Å². The third-order valence-corrected chi connectivity index (χ3v) is 3.17. The molecule has 1 saturated heterocycles. The van der Waals surface area contributed by atoms with Crippen LogP contribution in [0, 0.1) is 0 Å². The minimum atomic E-state index is -0.867.